The molecule has 2 aliphatic carbocycles. The molecule has 2 atom stereocenters. The first-order valence-electron chi connectivity index (χ1n) is 6.05. The van der Waals surface area contributed by atoms with Crippen molar-refractivity contribution in [2.24, 2.45) is 16.7 Å². The van der Waals surface area contributed by atoms with Gasteiger partial charge in [-0.2, -0.15) is 0 Å². The van der Waals surface area contributed by atoms with Crippen LogP contribution in [0.2, 0.25) is 0 Å². The number of rotatable bonds is 3. The summed E-state index contributed by atoms with van der Waals surface area (Å²) in [4.78, 5) is 22.9. The Balaban J connectivity index is 2.33. The largest absolute Gasteiger partial charge is 0.481 e. The summed E-state index contributed by atoms with van der Waals surface area (Å²) in [7, 11) is 0. The maximum Gasteiger partial charge on any atom is 0.313 e. The molecular formula is C13H18O4. The molecule has 4 heteroatoms. The van der Waals surface area contributed by atoms with Gasteiger partial charge < -0.3 is 10.2 Å². The van der Waals surface area contributed by atoms with Crippen LogP contribution in [-0.4, -0.2) is 22.2 Å². The van der Waals surface area contributed by atoms with Crippen molar-refractivity contribution in [1.29, 1.82) is 0 Å². The van der Waals surface area contributed by atoms with Gasteiger partial charge in [-0.25, -0.2) is 0 Å². The van der Waals surface area contributed by atoms with Gasteiger partial charge in [0, 0.05) is 0 Å². The number of aliphatic carboxylic acids is 2. The lowest BCUT2D eigenvalue weighted by atomic mass is 9.56. The fourth-order valence-corrected chi connectivity index (χ4v) is 3.07. The molecule has 17 heavy (non-hydrogen) atoms. The molecule has 0 aromatic heterocycles. The van der Waals surface area contributed by atoms with Crippen LogP contribution in [0.25, 0.3) is 0 Å². The zero-order chi connectivity index (χ0) is 12.7. The Kier molecular flexibility index (Phi) is 2.76. The third-order valence-corrected chi connectivity index (χ3v) is 4.45. The Morgan fingerprint density at radius 1 is 1.24 bits per heavy atom. The van der Waals surface area contributed by atoms with Gasteiger partial charge in [0.15, 0.2) is 0 Å². The van der Waals surface area contributed by atoms with E-state index < -0.39 is 22.8 Å². The Bertz CT molecular complexity index is 383. The first kappa shape index (κ1) is 12.1. The summed E-state index contributed by atoms with van der Waals surface area (Å²) in [6, 6.07) is 0. The lowest BCUT2D eigenvalue weighted by Crippen LogP contribution is -2.48. The molecule has 0 heterocycles. The fraction of sp³-hybridized carbons (Fsp3) is 0.692. The molecule has 0 aromatic carbocycles. The number of carboxylic acid groups (broad SMARTS) is 2. The Hall–Kier alpha value is -1.32. The molecule has 1 saturated carbocycles. The smallest absolute Gasteiger partial charge is 0.313 e. The van der Waals surface area contributed by atoms with Crippen molar-refractivity contribution >= 4 is 11.9 Å². The molecule has 0 spiro atoms. The molecule has 0 saturated heterocycles. The van der Waals surface area contributed by atoms with Crippen molar-refractivity contribution in [1.82, 2.24) is 0 Å². The van der Waals surface area contributed by atoms with Crippen molar-refractivity contribution in [2.45, 2.75) is 39.0 Å². The number of hydrogen-bond acceptors (Lipinski definition) is 2. The van der Waals surface area contributed by atoms with Crippen LogP contribution >= 0.6 is 0 Å². The van der Waals surface area contributed by atoms with Crippen molar-refractivity contribution < 1.29 is 19.8 Å². The summed E-state index contributed by atoms with van der Waals surface area (Å²) >= 11 is 0. The number of allylic oxidation sites excluding steroid dienone is 1. The highest BCUT2D eigenvalue weighted by Gasteiger charge is 2.54. The summed E-state index contributed by atoms with van der Waals surface area (Å²) < 4.78 is 0. The van der Waals surface area contributed by atoms with E-state index in [9.17, 15) is 19.8 Å². The molecule has 2 unspecified atom stereocenters. The van der Waals surface area contributed by atoms with Gasteiger partial charge in [0.1, 0.15) is 0 Å². The van der Waals surface area contributed by atoms with Crippen LogP contribution in [0.1, 0.15) is 39.0 Å². The quantitative estimate of drug-likeness (QED) is 0.740. The Morgan fingerprint density at radius 2 is 1.88 bits per heavy atom. The van der Waals surface area contributed by atoms with E-state index in [1.807, 2.05) is 0 Å². The monoisotopic (exact) mass is 238 g/mol. The van der Waals surface area contributed by atoms with Gasteiger partial charge in [-0.3, -0.25) is 9.59 Å². The van der Waals surface area contributed by atoms with E-state index in [1.54, 1.807) is 19.1 Å². The van der Waals surface area contributed by atoms with Gasteiger partial charge in [0.2, 0.25) is 0 Å². The Morgan fingerprint density at radius 3 is 2.29 bits per heavy atom. The summed E-state index contributed by atoms with van der Waals surface area (Å²) in [5.41, 5.74) is -1.90. The van der Waals surface area contributed by atoms with Crippen molar-refractivity contribution in [3.63, 3.8) is 0 Å². The average Bonchev–Trinajstić information content (AvgIpc) is 2.14. The number of carbonyl (C=O) groups is 2. The highest BCUT2D eigenvalue weighted by Crippen LogP contribution is 2.53. The van der Waals surface area contributed by atoms with Crippen LogP contribution in [0.4, 0.5) is 0 Å². The highest BCUT2D eigenvalue weighted by atomic mass is 16.4. The van der Waals surface area contributed by atoms with Crippen LogP contribution < -0.4 is 0 Å². The molecule has 4 nitrogen and oxygen atoms in total. The topological polar surface area (TPSA) is 74.6 Å². The normalized spacial score (nSPS) is 37.5. The minimum Gasteiger partial charge on any atom is -0.481 e. The second-order valence-electron chi connectivity index (χ2n) is 5.60. The SMILES string of the molecule is CC1(C(=O)O)C=CCC(C(=O)O)(C2CCC2)C1. The molecule has 1 fully saturated rings. The molecule has 2 aliphatic rings. The summed E-state index contributed by atoms with van der Waals surface area (Å²) in [5, 5.41) is 18.8. The third kappa shape index (κ3) is 1.75. The maximum atomic E-state index is 11.6. The zero-order valence-electron chi connectivity index (χ0n) is 9.98. The maximum absolute atomic E-state index is 11.6. The molecule has 94 valence electrons. The predicted octanol–water partition coefficient (Wildman–Crippen LogP) is 2.30. The second kappa shape index (κ2) is 3.86. The molecule has 2 rings (SSSR count). The number of hydrogen-bond donors (Lipinski definition) is 2. The van der Waals surface area contributed by atoms with E-state index in [2.05, 4.69) is 0 Å². The molecular weight excluding hydrogens is 220 g/mol. The van der Waals surface area contributed by atoms with Crippen LogP contribution in [0.15, 0.2) is 12.2 Å². The first-order valence-corrected chi connectivity index (χ1v) is 6.05. The minimum absolute atomic E-state index is 0.142. The van der Waals surface area contributed by atoms with E-state index in [0.29, 0.717) is 6.42 Å². The second-order valence-corrected chi connectivity index (χ2v) is 5.60. The van der Waals surface area contributed by atoms with E-state index in [0.717, 1.165) is 19.3 Å². The predicted molar refractivity (Wildman–Crippen MR) is 61.5 cm³/mol. The van der Waals surface area contributed by atoms with Crippen molar-refractivity contribution in [3.8, 4) is 0 Å². The molecule has 0 aromatic rings. The fourth-order valence-electron chi connectivity index (χ4n) is 3.07. The Labute approximate surface area is 100 Å². The third-order valence-electron chi connectivity index (χ3n) is 4.45. The van der Waals surface area contributed by atoms with Gasteiger partial charge in [0.25, 0.3) is 0 Å². The lowest BCUT2D eigenvalue weighted by Gasteiger charge is -2.46. The average molecular weight is 238 g/mol. The van der Waals surface area contributed by atoms with Gasteiger partial charge >= 0.3 is 11.9 Å². The van der Waals surface area contributed by atoms with Crippen molar-refractivity contribution in [3.05, 3.63) is 12.2 Å². The molecule has 0 amide bonds. The number of carboxylic acids is 2. The van der Waals surface area contributed by atoms with Crippen LogP contribution in [0.3, 0.4) is 0 Å². The summed E-state index contributed by atoms with van der Waals surface area (Å²) in [5.74, 6) is -1.62. The van der Waals surface area contributed by atoms with Gasteiger partial charge in [-0.05, 0) is 38.5 Å². The van der Waals surface area contributed by atoms with Gasteiger partial charge in [-0.1, -0.05) is 18.6 Å². The van der Waals surface area contributed by atoms with Crippen LogP contribution in [0.5, 0.6) is 0 Å². The van der Waals surface area contributed by atoms with E-state index >= 15 is 0 Å². The van der Waals surface area contributed by atoms with Gasteiger partial charge in [-0.15, -0.1) is 0 Å². The van der Waals surface area contributed by atoms with Gasteiger partial charge in [0.05, 0.1) is 10.8 Å². The zero-order valence-corrected chi connectivity index (χ0v) is 9.98. The van der Waals surface area contributed by atoms with E-state index in [-0.39, 0.29) is 12.3 Å². The summed E-state index contributed by atoms with van der Waals surface area (Å²) in [6.07, 6.45) is 6.96. The van der Waals surface area contributed by atoms with Crippen molar-refractivity contribution in [2.75, 3.05) is 0 Å². The van der Waals surface area contributed by atoms with Crippen LogP contribution in [0, 0.1) is 16.7 Å². The standard InChI is InChI=1S/C13H18O4/c1-12(10(14)15)6-3-7-13(8-12,11(16)17)9-4-2-5-9/h3,6,9H,2,4-5,7-8H2,1H3,(H,14,15)(H,16,17). The summed E-state index contributed by atoms with van der Waals surface area (Å²) in [6.45, 7) is 1.61. The first-order chi connectivity index (χ1) is 7.91. The van der Waals surface area contributed by atoms with Crippen LogP contribution in [-0.2, 0) is 9.59 Å². The van der Waals surface area contributed by atoms with E-state index in [4.69, 9.17) is 0 Å². The molecule has 0 bridgehead atoms. The molecule has 0 aliphatic heterocycles. The minimum atomic E-state index is -1.04. The van der Waals surface area contributed by atoms with E-state index in [1.165, 1.54) is 0 Å². The highest BCUT2D eigenvalue weighted by molar-refractivity contribution is 5.81. The molecule has 2 N–H and O–H groups in total. The molecule has 0 radical (unpaired) electrons. The lowest BCUT2D eigenvalue weighted by molar-refractivity contribution is -0.162.